The highest BCUT2D eigenvalue weighted by Gasteiger charge is 2.48. The van der Waals surface area contributed by atoms with E-state index >= 15 is 0 Å². The number of ether oxygens (including phenoxy) is 1. The maximum absolute atomic E-state index is 13.1. The van der Waals surface area contributed by atoms with Crippen LogP contribution in [0.4, 0.5) is 24.5 Å². The molecule has 2 aromatic rings. The van der Waals surface area contributed by atoms with Crippen molar-refractivity contribution in [3.63, 3.8) is 0 Å². The lowest BCUT2D eigenvalue weighted by Gasteiger charge is -2.20. The van der Waals surface area contributed by atoms with Crippen molar-refractivity contribution in [2.45, 2.75) is 36.9 Å². The number of sulfonamides is 1. The molecular formula is C19H16ClF3N2O8S. The standard InChI is InChI=1S/C19H16ClF3N2O8S/c1-9(2)33-18(28)16(17(27)19(21,22)23)12-7-10(3-6-15(12)26)24-34(31,32)11-4-5-13(20)14(8-11)25(29)30/h3-9,16,24,26H,1-2H3/t16-/m1/s1. The number of benzene rings is 2. The Bertz CT molecular complexity index is 1250. The van der Waals surface area contributed by atoms with E-state index in [1.165, 1.54) is 13.8 Å². The molecule has 0 radical (unpaired) electrons. The minimum Gasteiger partial charge on any atom is -0.508 e. The van der Waals surface area contributed by atoms with Gasteiger partial charge in [-0.2, -0.15) is 13.2 Å². The van der Waals surface area contributed by atoms with Gasteiger partial charge in [0.05, 0.1) is 15.9 Å². The molecule has 0 saturated heterocycles. The summed E-state index contributed by atoms with van der Waals surface area (Å²) in [6.45, 7) is 2.64. The van der Waals surface area contributed by atoms with Crippen molar-refractivity contribution in [3.8, 4) is 5.75 Å². The lowest BCUT2D eigenvalue weighted by atomic mass is 9.93. The summed E-state index contributed by atoms with van der Waals surface area (Å²) in [6.07, 6.45) is -6.38. The molecule has 0 aliphatic heterocycles. The van der Waals surface area contributed by atoms with Crippen LogP contribution in [0.1, 0.15) is 25.3 Å². The quantitative estimate of drug-likeness (QED) is 0.173. The van der Waals surface area contributed by atoms with E-state index in [4.69, 9.17) is 16.3 Å². The molecule has 0 heterocycles. The van der Waals surface area contributed by atoms with Crippen molar-refractivity contribution >= 4 is 44.8 Å². The number of aromatic hydroxyl groups is 1. The first-order valence-corrected chi connectivity index (χ1v) is 11.0. The normalized spacial score (nSPS) is 12.8. The second-order valence-corrected chi connectivity index (χ2v) is 9.12. The molecule has 34 heavy (non-hydrogen) atoms. The lowest BCUT2D eigenvalue weighted by molar-refractivity contribution is -0.384. The zero-order chi connectivity index (χ0) is 26.0. The van der Waals surface area contributed by atoms with E-state index in [-0.39, 0.29) is 5.02 Å². The number of halogens is 4. The number of anilines is 1. The van der Waals surface area contributed by atoms with E-state index < -0.39 is 72.5 Å². The average molecular weight is 525 g/mol. The van der Waals surface area contributed by atoms with Crippen molar-refractivity contribution in [1.29, 1.82) is 0 Å². The van der Waals surface area contributed by atoms with Gasteiger partial charge >= 0.3 is 12.1 Å². The lowest BCUT2D eigenvalue weighted by Crippen LogP contribution is -2.35. The first-order chi connectivity index (χ1) is 15.5. The van der Waals surface area contributed by atoms with Crippen LogP contribution in [0.25, 0.3) is 0 Å². The third kappa shape index (κ3) is 6.14. The van der Waals surface area contributed by atoms with Gasteiger partial charge in [-0.05, 0) is 44.2 Å². The molecular weight excluding hydrogens is 509 g/mol. The first-order valence-electron chi connectivity index (χ1n) is 9.15. The topological polar surface area (TPSA) is 153 Å². The molecule has 2 rings (SSSR count). The number of alkyl halides is 3. The Labute approximate surface area is 195 Å². The van der Waals surface area contributed by atoms with Crippen molar-refractivity contribution in [1.82, 2.24) is 0 Å². The number of nitrogens with one attached hydrogen (secondary N) is 1. The number of phenolic OH excluding ortho intramolecular Hbond substituents is 1. The highest BCUT2D eigenvalue weighted by atomic mass is 35.5. The molecule has 0 fully saturated rings. The summed E-state index contributed by atoms with van der Waals surface area (Å²) >= 11 is 5.65. The largest absolute Gasteiger partial charge is 0.508 e. The number of Topliss-reactive ketones (excluding diaryl/α,β-unsaturated/α-hetero) is 1. The van der Waals surface area contributed by atoms with Gasteiger partial charge in [-0.1, -0.05) is 11.6 Å². The highest BCUT2D eigenvalue weighted by molar-refractivity contribution is 7.92. The second-order valence-electron chi connectivity index (χ2n) is 7.03. The average Bonchev–Trinajstić information content (AvgIpc) is 2.68. The van der Waals surface area contributed by atoms with Gasteiger partial charge in [0, 0.05) is 17.3 Å². The summed E-state index contributed by atoms with van der Waals surface area (Å²) in [6, 6.07) is 4.89. The number of hydrogen-bond acceptors (Lipinski definition) is 8. The monoisotopic (exact) mass is 524 g/mol. The fourth-order valence-corrected chi connectivity index (χ4v) is 3.96. The number of rotatable bonds is 8. The fourth-order valence-electron chi connectivity index (χ4n) is 2.70. The van der Waals surface area contributed by atoms with Gasteiger partial charge in [-0.3, -0.25) is 24.4 Å². The third-order valence-electron chi connectivity index (χ3n) is 4.14. The Kier molecular flexibility index (Phi) is 7.78. The first kappa shape index (κ1) is 26.9. The number of hydrogen-bond donors (Lipinski definition) is 2. The predicted octanol–water partition coefficient (Wildman–Crippen LogP) is 3.92. The third-order valence-corrected chi connectivity index (χ3v) is 5.84. The fraction of sp³-hybridized carbons (Fsp3) is 0.263. The molecule has 0 aliphatic carbocycles. The number of esters is 1. The van der Waals surface area contributed by atoms with Crippen LogP contribution in [0, 0.1) is 10.1 Å². The number of carbonyl (C=O) groups excluding carboxylic acids is 2. The number of ketones is 1. The van der Waals surface area contributed by atoms with Crippen molar-refractivity contribution < 1.29 is 45.9 Å². The van der Waals surface area contributed by atoms with Crippen molar-refractivity contribution in [2.24, 2.45) is 0 Å². The zero-order valence-electron chi connectivity index (χ0n) is 17.3. The van der Waals surface area contributed by atoms with Crippen LogP contribution < -0.4 is 4.72 Å². The summed E-state index contributed by atoms with van der Waals surface area (Å²) < 4.78 is 71.3. The molecule has 0 unspecified atom stereocenters. The van der Waals surface area contributed by atoms with Gasteiger partial charge in [0.2, 0.25) is 0 Å². The van der Waals surface area contributed by atoms with Gasteiger partial charge in [0.1, 0.15) is 10.8 Å². The minimum atomic E-state index is -5.48. The van der Waals surface area contributed by atoms with Gasteiger partial charge in [0.15, 0.2) is 5.92 Å². The summed E-state index contributed by atoms with van der Waals surface area (Å²) in [5.41, 5.74) is -2.04. The van der Waals surface area contributed by atoms with E-state index in [9.17, 15) is 46.4 Å². The molecule has 0 bridgehead atoms. The Hall–Kier alpha value is -3.39. The Morgan fingerprint density at radius 3 is 2.32 bits per heavy atom. The van der Waals surface area contributed by atoms with Gasteiger partial charge in [-0.25, -0.2) is 8.42 Å². The smallest absolute Gasteiger partial charge is 0.451 e. The number of nitro benzene ring substituents is 1. The Morgan fingerprint density at radius 2 is 1.79 bits per heavy atom. The highest BCUT2D eigenvalue weighted by Crippen LogP contribution is 2.36. The molecule has 2 aromatic carbocycles. The number of phenols is 1. The number of nitrogens with zero attached hydrogens (tertiary/aromatic N) is 1. The van der Waals surface area contributed by atoms with E-state index in [0.717, 1.165) is 24.3 Å². The Balaban J connectivity index is 2.54. The number of carbonyl (C=O) groups is 2. The molecule has 0 aromatic heterocycles. The second kappa shape index (κ2) is 9.85. The summed E-state index contributed by atoms with van der Waals surface area (Å²) in [4.78, 5) is 33.7. The summed E-state index contributed by atoms with van der Waals surface area (Å²) in [5.74, 6) is -7.69. The molecule has 184 valence electrons. The molecule has 1 atom stereocenters. The van der Waals surface area contributed by atoms with E-state index in [2.05, 4.69) is 0 Å². The Morgan fingerprint density at radius 1 is 1.18 bits per heavy atom. The van der Waals surface area contributed by atoms with Crippen molar-refractivity contribution in [2.75, 3.05) is 4.72 Å². The van der Waals surface area contributed by atoms with Crippen LogP contribution in [0.15, 0.2) is 41.3 Å². The molecule has 10 nitrogen and oxygen atoms in total. The summed E-state index contributed by atoms with van der Waals surface area (Å²) in [5, 5.41) is 20.7. The molecule has 0 saturated carbocycles. The maximum atomic E-state index is 13.1. The predicted molar refractivity (Wildman–Crippen MR) is 112 cm³/mol. The zero-order valence-corrected chi connectivity index (χ0v) is 18.9. The van der Waals surface area contributed by atoms with Gasteiger partial charge < -0.3 is 9.84 Å². The van der Waals surface area contributed by atoms with Crippen LogP contribution in [-0.4, -0.2) is 42.5 Å². The van der Waals surface area contributed by atoms with Crippen molar-refractivity contribution in [3.05, 3.63) is 57.1 Å². The van der Waals surface area contributed by atoms with E-state index in [1.807, 2.05) is 4.72 Å². The molecule has 0 aliphatic rings. The van der Waals surface area contributed by atoms with Crippen LogP contribution in [0.5, 0.6) is 5.75 Å². The van der Waals surface area contributed by atoms with Gasteiger partial charge in [0.25, 0.3) is 21.5 Å². The van der Waals surface area contributed by atoms with Crippen LogP contribution in [0.3, 0.4) is 0 Å². The van der Waals surface area contributed by atoms with E-state index in [1.54, 1.807) is 0 Å². The SMILES string of the molecule is CC(C)OC(=O)[C@@H](C(=O)C(F)(F)F)c1cc(NS(=O)(=O)c2ccc(Cl)c([N+](=O)[O-])c2)ccc1O. The van der Waals surface area contributed by atoms with Crippen LogP contribution in [0.2, 0.25) is 5.02 Å². The molecule has 15 heteroatoms. The number of nitro groups is 1. The molecule has 2 N–H and O–H groups in total. The summed E-state index contributed by atoms with van der Waals surface area (Å²) in [7, 11) is -4.55. The van der Waals surface area contributed by atoms with Crippen LogP contribution >= 0.6 is 11.6 Å². The maximum Gasteiger partial charge on any atom is 0.451 e. The minimum absolute atomic E-state index is 0.340. The van der Waals surface area contributed by atoms with Crippen LogP contribution in [-0.2, 0) is 24.3 Å². The molecule has 0 amide bonds. The van der Waals surface area contributed by atoms with E-state index in [0.29, 0.717) is 12.1 Å². The van der Waals surface area contributed by atoms with Gasteiger partial charge in [-0.15, -0.1) is 0 Å². The molecule has 0 spiro atoms.